The molecule has 1 aliphatic rings. The van der Waals surface area contributed by atoms with E-state index < -0.39 is 17.2 Å². The summed E-state index contributed by atoms with van der Waals surface area (Å²) in [5, 5.41) is 10.3. The summed E-state index contributed by atoms with van der Waals surface area (Å²) in [5.41, 5.74) is 1.34. The Hall–Kier alpha value is -3.89. The maximum atomic E-state index is 13.2. The molecule has 1 saturated heterocycles. The van der Waals surface area contributed by atoms with Gasteiger partial charge in [0.2, 0.25) is 5.75 Å². The van der Waals surface area contributed by atoms with Gasteiger partial charge < -0.3 is 29.2 Å². The highest BCUT2D eigenvalue weighted by atomic mass is 16.5. The Bertz CT molecular complexity index is 1270. The number of aromatic amines is 1. The topological polar surface area (TPSA) is 117 Å². The fourth-order valence-electron chi connectivity index (χ4n) is 4.12. The minimum Gasteiger partial charge on any atom is -0.501 e. The highest BCUT2D eigenvalue weighted by Gasteiger charge is 2.23. The zero-order valence-corrected chi connectivity index (χ0v) is 20.6. The van der Waals surface area contributed by atoms with Crippen molar-refractivity contribution in [2.24, 2.45) is 0 Å². The largest absolute Gasteiger partial charge is 0.501 e. The Balaban J connectivity index is 1.55. The van der Waals surface area contributed by atoms with E-state index in [4.69, 9.17) is 14.2 Å². The third-order valence-electron chi connectivity index (χ3n) is 6.07. The first kappa shape index (κ1) is 25.2. The second-order valence-corrected chi connectivity index (χ2v) is 8.51. The highest BCUT2D eigenvalue weighted by Crippen LogP contribution is 2.31. The molecule has 2 heterocycles. The molecule has 10 nitrogen and oxygen atoms in total. The highest BCUT2D eigenvalue weighted by molar-refractivity contribution is 5.95. The van der Waals surface area contributed by atoms with Gasteiger partial charge in [-0.2, -0.15) is 0 Å². The van der Waals surface area contributed by atoms with Crippen LogP contribution in [0.15, 0.2) is 47.3 Å². The van der Waals surface area contributed by atoms with Gasteiger partial charge in [-0.15, -0.1) is 0 Å². The molecule has 0 unspecified atom stereocenters. The van der Waals surface area contributed by atoms with E-state index in [1.807, 2.05) is 24.3 Å². The molecule has 2 N–H and O–H groups in total. The molecule has 36 heavy (non-hydrogen) atoms. The summed E-state index contributed by atoms with van der Waals surface area (Å²) in [4.78, 5) is 36.2. The summed E-state index contributed by atoms with van der Waals surface area (Å²) in [6.07, 6.45) is 0. The Labute approximate surface area is 209 Å². The third-order valence-corrected chi connectivity index (χ3v) is 6.07. The quantitative estimate of drug-likeness (QED) is 0.490. The van der Waals surface area contributed by atoms with Gasteiger partial charge in [0.1, 0.15) is 5.82 Å². The number of benzene rings is 2. The van der Waals surface area contributed by atoms with Gasteiger partial charge in [-0.1, -0.05) is 36.4 Å². The van der Waals surface area contributed by atoms with Gasteiger partial charge in [0.25, 0.3) is 11.5 Å². The summed E-state index contributed by atoms with van der Waals surface area (Å²) in [5.74, 6) is -0.0924. The van der Waals surface area contributed by atoms with Gasteiger partial charge >= 0.3 is 0 Å². The molecule has 4 rings (SSSR count). The normalized spacial score (nSPS) is 13.9. The van der Waals surface area contributed by atoms with Crippen LogP contribution in [0.25, 0.3) is 11.4 Å². The molecule has 0 bridgehead atoms. The van der Waals surface area contributed by atoms with Crippen molar-refractivity contribution in [2.45, 2.75) is 13.1 Å². The summed E-state index contributed by atoms with van der Waals surface area (Å²) < 4.78 is 16.1. The fraction of sp³-hybridized carbons (Fsp3) is 0.346. The van der Waals surface area contributed by atoms with Crippen LogP contribution in [0.2, 0.25) is 0 Å². The first-order valence-electron chi connectivity index (χ1n) is 11.6. The molecule has 1 aliphatic heterocycles. The lowest BCUT2D eigenvalue weighted by Crippen LogP contribution is -2.35. The van der Waals surface area contributed by atoms with Gasteiger partial charge in [0, 0.05) is 44.4 Å². The van der Waals surface area contributed by atoms with E-state index in [-0.39, 0.29) is 18.1 Å². The zero-order chi connectivity index (χ0) is 25.7. The van der Waals surface area contributed by atoms with Crippen LogP contribution in [0.5, 0.6) is 17.2 Å². The van der Waals surface area contributed by atoms with E-state index in [1.165, 1.54) is 19.1 Å². The van der Waals surface area contributed by atoms with Gasteiger partial charge in [-0.05, 0) is 11.6 Å². The second kappa shape index (κ2) is 11.2. The number of morpholine rings is 1. The van der Waals surface area contributed by atoms with Crippen molar-refractivity contribution in [2.75, 3.05) is 47.6 Å². The van der Waals surface area contributed by atoms with Crippen LogP contribution in [-0.2, 0) is 17.8 Å². The molecule has 1 amide bonds. The SMILES string of the molecule is COc1cccc(CN(C)C(=O)c2nc(-c3ccc(CN4CCOCC4)cc3)[nH]c(=O)c2O)c1OC. The first-order chi connectivity index (χ1) is 17.4. The average molecular weight is 495 g/mol. The summed E-state index contributed by atoms with van der Waals surface area (Å²) in [6.45, 7) is 4.17. The maximum Gasteiger partial charge on any atom is 0.294 e. The lowest BCUT2D eigenvalue weighted by atomic mass is 10.1. The number of rotatable bonds is 8. The summed E-state index contributed by atoms with van der Waals surface area (Å²) in [7, 11) is 4.61. The Morgan fingerprint density at radius 3 is 2.53 bits per heavy atom. The third kappa shape index (κ3) is 5.50. The Kier molecular flexibility index (Phi) is 7.87. The number of carbonyl (C=O) groups excluding carboxylic acids is 1. The van der Waals surface area contributed by atoms with Crippen LogP contribution in [0.3, 0.4) is 0 Å². The van der Waals surface area contributed by atoms with Crippen molar-refractivity contribution < 1.29 is 24.1 Å². The smallest absolute Gasteiger partial charge is 0.294 e. The minimum atomic E-state index is -0.784. The number of aromatic hydroxyl groups is 1. The van der Waals surface area contributed by atoms with E-state index >= 15 is 0 Å². The molecule has 3 aromatic rings. The number of ether oxygens (including phenoxy) is 3. The minimum absolute atomic E-state index is 0.151. The monoisotopic (exact) mass is 494 g/mol. The molecule has 190 valence electrons. The number of hydrogen-bond acceptors (Lipinski definition) is 8. The fourth-order valence-corrected chi connectivity index (χ4v) is 4.12. The number of hydrogen-bond donors (Lipinski definition) is 2. The molecule has 0 atom stereocenters. The Morgan fingerprint density at radius 2 is 1.86 bits per heavy atom. The van der Waals surface area contributed by atoms with Crippen LogP contribution in [0.1, 0.15) is 21.6 Å². The molecule has 0 spiro atoms. The van der Waals surface area contributed by atoms with Gasteiger partial charge in [0.15, 0.2) is 17.2 Å². The van der Waals surface area contributed by atoms with Crippen molar-refractivity contribution in [3.8, 4) is 28.6 Å². The van der Waals surface area contributed by atoms with Crippen LogP contribution >= 0.6 is 0 Å². The number of carbonyl (C=O) groups is 1. The Morgan fingerprint density at radius 1 is 1.14 bits per heavy atom. The standard InChI is InChI=1S/C26H30N4O6/c1-29(16-19-5-4-6-20(34-2)23(19)35-3)26(33)21-22(31)25(32)28-24(27-21)18-9-7-17(8-10-18)15-30-11-13-36-14-12-30/h4-10,31H,11-16H2,1-3H3,(H,27,28,32). The van der Waals surface area contributed by atoms with E-state index in [0.717, 1.165) is 38.4 Å². The van der Waals surface area contributed by atoms with Crippen molar-refractivity contribution in [1.29, 1.82) is 0 Å². The summed E-state index contributed by atoms with van der Waals surface area (Å²) in [6, 6.07) is 12.9. The molecular formula is C26H30N4O6. The van der Waals surface area contributed by atoms with Crippen molar-refractivity contribution in [3.05, 3.63) is 69.6 Å². The van der Waals surface area contributed by atoms with Gasteiger partial charge in [0.05, 0.1) is 27.4 Å². The molecule has 10 heteroatoms. The van der Waals surface area contributed by atoms with E-state index in [2.05, 4.69) is 14.9 Å². The predicted molar refractivity (Wildman–Crippen MR) is 133 cm³/mol. The number of nitrogens with one attached hydrogen (secondary N) is 1. The lowest BCUT2D eigenvalue weighted by molar-refractivity contribution is 0.0342. The maximum absolute atomic E-state index is 13.2. The number of amides is 1. The van der Waals surface area contributed by atoms with Crippen LogP contribution < -0.4 is 15.0 Å². The molecule has 0 saturated carbocycles. The summed E-state index contributed by atoms with van der Waals surface area (Å²) >= 11 is 0. The van der Waals surface area contributed by atoms with E-state index in [9.17, 15) is 14.7 Å². The van der Waals surface area contributed by atoms with Crippen LogP contribution in [0, 0.1) is 0 Å². The second-order valence-electron chi connectivity index (χ2n) is 8.51. The predicted octanol–water partition coefficient (Wildman–Crippen LogP) is 2.26. The number of aromatic nitrogens is 2. The number of nitrogens with zero attached hydrogens (tertiary/aromatic N) is 3. The van der Waals surface area contributed by atoms with Crippen molar-refractivity contribution in [3.63, 3.8) is 0 Å². The van der Waals surface area contributed by atoms with Crippen molar-refractivity contribution in [1.82, 2.24) is 19.8 Å². The first-order valence-corrected chi connectivity index (χ1v) is 11.6. The molecule has 0 radical (unpaired) electrons. The van der Waals surface area contributed by atoms with E-state index in [0.29, 0.717) is 22.6 Å². The zero-order valence-electron chi connectivity index (χ0n) is 20.6. The van der Waals surface area contributed by atoms with E-state index in [1.54, 1.807) is 25.2 Å². The van der Waals surface area contributed by atoms with Gasteiger partial charge in [-0.25, -0.2) is 4.98 Å². The van der Waals surface area contributed by atoms with Gasteiger partial charge in [-0.3, -0.25) is 14.5 Å². The number of methoxy groups -OCH3 is 2. The molecule has 0 aliphatic carbocycles. The molecular weight excluding hydrogens is 464 g/mol. The lowest BCUT2D eigenvalue weighted by Gasteiger charge is -2.26. The number of H-pyrrole nitrogens is 1. The average Bonchev–Trinajstić information content (AvgIpc) is 2.90. The molecule has 2 aromatic carbocycles. The number of para-hydroxylation sites is 1. The van der Waals surface area contributed by atoms with Crippen LogP contribution in [-0.4, -0.2) is 78.4 Å². The van der Waals surface area contributed by atoms with Crippen LogP contribution in [0.4, 0.5) is 0 Å². The molecule has 1 aromatic heterocycles. The molecule has 1 fully saturated rings. The van der Waals surface area contributed by atoms with Crippen molar-refractivity contribution >= 4 is 5.91 Å².